The number of nitrogens with two attached hydrogens (primary N) is 1. The first-order valence-electron chi connectivity index (χ1n) is 12.0. The van der Waals surface area contributed by atoms with E-state index in [-0.39, 0.29) is 37.3 Å². The molecule has 0 heterocycles. The molecule has 0 bridgehead atoms. The van der Waals surface area contributed by atoms with Crippen LogP contribution in [-0.2, 0) is 46.5 Å². The van der Waals surface area contributed by atoms with Gasteiger partial charge in [0, 0.05) is 12.5 Å². The van der Waals surface area contributed by atoms with E-state index in [1.807, 2.05) is 0 Å². The molecule has 1 aromatic rings. The van der Waals surface area contributed by atoms with E-state index in [1.54, 1.807) is 6.07 Å². The third-order valence-corrected chi connectivity index (χ3v) is 7.82. The number of ether oxygens (including phenoxy) is 1. The normalized spacial score (nSPS) is 30.5. The average Bonchev–Trinajstić information content (AvgIpc) is 2.84. The number of hydrogen-bond donors (Lipinski definition) is 4. The first kappa shape index (κ1) is 27.5. The molecule has 38 heavy (non-hydrogen) atoms. The molecule has 13 heteroatoms. The van der Waals surface area contributed by atoms with Crippen LogP contribution in [0.15, 0.2) is 12.1 Å². The van der Waals surface area contributed by atoms with Gasteiger partial charge in [0.1, 0.15) is 5.75 Å². The second kappa shape index (κ2) is 9.98. The number of nitrogens with one attached hydrogen (secondary N) is 1. The third kappa shape index (κ3) is 4.11. The molecule has 1 aromatic carbocycles. The molecule has 2 saturated carbocycles. The molecule has 6 atom stereocenters. The quantitative estimate of drug-likeness (QED) is 0.131. The van der Waals surface area contributed by atoms with Gasteiger partial charge in [-0.3, -0.25) is 33.7 Å². The summed E-state index contributed by atoms with van der Waals surface area (Å²) in [6.07, 6.45) is 0.0690. The van der Waals surface area contributed by atoms with Crippen molar-refractivity contribution in [2.75, 3.05) is 27.8 Å². The summed E-state index contributed by atoms with van der Waals surface area (Å²) in [6.45, 7) is -0.321. The summed E-state index contributed by atoms with van der Waals surface area (Å²) in [5.41, 5.74) is 6.00. The Morgan fingerprint density at radius 1 is 1.18 bits per heavy atom. The molecule has 5 N–H and O–H groups in total. The van der Waals surface area contributed by atoms with Gasteiger partial charge in [-0.05, 0) is 50.0 Å². The number of aromatic hydroxyl groups is 1. The highest BCUT2D eigenvalue weighted by molar-refractivity contribution is 6.32. The molecule has 3 aliphatic carbocycles. The number of phenols is 1. The SMILES string of the molecule is COC(=O)CONCc1ccc(O)c2c1C[C@H]1C[C@H]3[C@H](N(C)C)C(=O)C(C(N)=O)C(=O)[C@@]3(O)C(=O)C1C2=O. The van der Waals surface area contributed by atoms with Gasteiger partial charge >= 0.3 is 5.97 Å². The van der Waals surface area contributed by atoms with Crippen molar-refractivity contribution in [1.82, 2.24) is 10.4 Å². The highest BCUT2D eigenvalue weighted by atomic mass is 16.7. The van der Waals surface area contributed by atoms with Gasteiger partial charge in [-0.1, -0.05) is 6.07 Å². The molecule has 0 aliphatic heterocycles. The van der Waals surface area contributed by atoms with E-state index in [0.29, 0.717) is 11.1 Å². The van der Waals surface area contributed by atoms with E-state index in [1.165, 1.54) is 32.2 Å². The van der Waals surface area contributed by atoms with Crippen molar-refractivity contribution in [2.45, 2.75) is 31.0 Å². The van der Waals surface area contributed by atoms with E-state index in [0.717, 1.165) is 0 Å². The smallest absolute Gasteiger partial charge is 0.333 e. The number of nitrogens with zero attached hydrogens (tertiary/aromatic N) is 1. The highest BCUT2D eigenvalue weighted by Crippen LogP contribution is 2.50. The number of esters is 1. The van der Waals surface area contributed by atoms with Crippen molar-refractivity contribution in [2.24, 2.45) is 29.4 Å². The number of carbonyl (C=O) groups is 6. The molecule has 13 nitrogen and oxygen atoms in total. The summed E-state index contributed by atoms with van der Waals surface area (Å²) in [5.74, 6) is -11.7. The number of rotatable bonds is 7. The average molecular weight is 532 g/mol. The van der Waals surface area contributed by atoms with Gasteiger partial charge in [0.25, 0.3) is 0 Å². The summed E-state index contributed by atoms with van der Waals surface area (Å²) >= 11 is 0. The Morgan fingerprint density at radius 3 is 2.47 bits per heavy atom. The number of benzene rings is 1. The van der Waals surface area contributed by atoms with Gasteiger partial charge in [-0.15, -0.1) is 0 Å². The van der Waals surface area contributed by atoms with Crippen molar-refractivity contribution in [3.05, 3.63) is 28.8 Å². The number of ketones is 4. The first-order chi connectivity index (χ1) is 17.9. The fraction of sp³-hybridized carbons (Fsp3) is 0.520. The molecule has 4 rings (SSSR count). The zero-order chi connectivity index (χ0) is 28.1. The number of amides is 1. The summed E-state index contributed by atoms with van der Waals surface area (Å²) in [6, 6.07) is 1.66. The summed E-state index contributed by atoms with van der Waals surface area (Å²) < 4.78 is 4.49. The van der Waals surface area contributed by atoms with E-state index in [9.17, 15) is 39.0 Å². The lowest BCUT2D eigenvalue weighted by Crippen LogP contribution is -2.74. The van der Waals surface area contributed by atoms with Gasteiger partial charge in [-0.2, -0.15) is 5.48 Å². The fourth-order valence-electron chi connectivity index (χ4n) is 6.13. The molecular weight excluding hydrogens is 502 g/mol. The van der Waals surface area contributed by atoms with Gasteiger partial charge in [-0.25, -0.2) is 4.79 Å². The predicted molar refractivity (Wildman–Crippen MR) is 126 cm³/mol. The van der Waals surface area contributed by atoms with Crippen LogP contribution in [0.25, 0.3) is 0 Å². The van der Waals surface area contributed by atoms with Crippen LogP contribution >= 0.6 is 0 Å². The zero-order valence-corrected chi connectivity index (χ0v) is 21.1. The zero-order valence-electron chi connectivity index (χ0n) is 21.1. The summed E-state index contributed by atoms with van der Waals surface area (Å²) in [4.78, 5) is 83.5. The Kier molecular flexibility index (Phi) is 7.23. The number of aliphatic hydroxyl groups is 1. The molecule has 2 fully saturated rings. The minimum Gasteiger partial charge on any atom is -0.507 e. The minimum absolute atomic E-state index is 0.0448. The molecule has 1 amide bonds. The number of primary amides is 1. The van der Waals surface area contributed by atoms with Crippen LogP contribution in [-0.4, -0.2) is 89.6 Å². The minimum atomic E-state index is -2.77. The van der Waals surface area contributed by atoms with Gasteiger partial charge < -0.3 is 20.7 Å². The van der Waals surface area contributed by atoms with E-state index in [4.69, 9.17) is 10.6 Å². The van der Waals surface area contributed by atoms with Crippen LogP contribution in [0, 0.1) is 23.7 Å². The Balaban J connectivity index is 1.73. The van der Waals surface area contributed by atoms with Crippen molar-refractivity contribution >= 4 is 35.0 Å². The lowest BCUT2D eigenvalue weighted by atomic mass is 9.52. The fourth-order valence-corrected chi connectivity index (χ4v) is 6.13. The lowest BCUT2D eigenvalue weighted by molar-refractivity contribution is -0.181. The van der Waals surface area contributed by atoms with Crippen molar-refractivity contribution in [1.29, 1.82) is 0 Å². The Morgan fingerprint density at radius 2 is 1.87 bits per heavy atom. The van der Waals surface area contributed by atoms with Crippen molar-refractivity contribution in [3.63, 3.8) is 0 Å². The molecular formula is C25H29N3O10. The van der Waals surface area contributed by atoms with Gasteiger partial charge in [0.05, 0.1) is 24.6 Å². The van der Waals surface area contributed by atoms with E-state index < -0.39 is 70.3 Å². The van der Waals surface area contributed by atoms with Crippen molar-refractivity contribution in [3.8, 4) is 5.75 Å². The Bertz CT molecular complexity index is 1240. The van der Waals surface area contributed by atoms with Crippen LogP contribution in [0.5, 0.6) is 5.75 Å². The number of likely N-dealkylation sites (N-methyl/N-ethyl adjacent to an activating group) is 1. The van der Waals surface area contributed by atoms with Gasteiger partial charge in [0.2, 0.25) is 5.91 Å². The molecule has 0 saturated heterocycles. The molecule has 2 unspecified atom stereocenters. The number of phenolic OH excluding ortho intramolecular Hbond substituents is 1. The van der Waals surface area contributed by atoms with Crippen LogP contribution in [0.3, 0.4) is 0 Å². The second-order valence-electron chi connectivity index (χ2n) is 10.1. The van der Waals surface area contributed by atoms with Gasteiger partial charge in [0.15, 0.2) is 41.3 Å². The largest absolute Gasteiger partial charge is 0.507 e. The number of carbonyl (C=O) groups excluding carboxylic acids is 6. The topological polar surface area (TPSA) is 203 Å². The molecule has 0 aromatic heterocycles. The Labute approximate surface area is 217 Å². The maximum Gasteiger partial charge on any atom is 0.333 e. The maximum absolute atomic E-state index is 13.8. The predicted octanol–water partition coefficient (Wildman–Crippen LogP) is -1.94. The standard InChI is InChI=1S/C25H29N3O10/c1-28(2)19-13-7-11-6-12-10(8-27-38-9-15(30)37-3)4-5-14(29)17(12)20(31)16(11)22(33)25(13,36)23(34)18(21(19)32)24(26)35/h4-5,11,13,16,18-19,27,29,36H,6-9H2,1-3H3,(H2,26,35)/t11-,13-,16?,18?,19-,25-/m0/s1. The number of Topliss-reactive ketones (excluding diaryl/α,β-unsaturated/α-hetero) is 4. The number of hydroxylamine groups is 1. The van der Waals surface area contributed by atoms with E-state index >= 15 is 0 Å². The van der Waals surface area contributed by atoms with Crippen molar-refractivity contribution < 1.29 is 48.6 Å². The highest BCUT2D eigenvalue weighted by Gasteiger charge is 2.69. The Hall–Kier alpha value is -3.52. The van der Waals surface area contributed by atoms with Crippen LogP contribution in [0.4, 0.5) is 0 Å². The van der Waals surface area contributed by atoms with Crippen LogP contribution in [0.2, 0.25) is 0 Å². The molecule has 204 valence electrons. The monoisotopic (exact) mass is 531 g/mol. The second-order valence-corrected chi connectivity index (χ2v) is 10.1. The van der Waals surface area contributed by atoms with Crippen LogP contribution in [0.1, 0.15) is 27.9 Å². The summed E-state index contributed by atoms with van der Waals surface area (Å²) in [5, 5.41) is 22.1. The third-order valence-electron chi connectivity index (χ3n) is 7.82. The molecule has 0 radical (unpaired) electrons. The lowest BCUT2D eigenvalue weighted by Gasteiger charge is -2.52. The number of fused-ring (bicyclic) bond motifs is 3. The molecule has 3 aliphatic rings. The molecule has 0 spiro atoms. The summed E-state index contributed by atoms with van der Waals surface area (Å²) in [7, 11) is 4.24. The number of hydrogen-bond acceptors (Lipinski definition) is 12. The van der Waals surface area contributed by atoms with E-state index in [2.05, 4.69) is 10.2 Å². The first-order valence-corrected chi connectivity index (χ1v) is 12.0. The van der Waals surface area contributed by atoms with Crippen LogP contribution < -0.4 is 11.2 Å². The maximum atomic E-state index is 13.8. The number of methoxy groups -OCH3 is 1.